The smallest absolute Gasteiger partial charge is 0.0638 e. The fourth-order valence-electron chi connectivity index (χ4n) is 2.02. The predicted octanol–water partition coefficient (Wildman–Crippen LogP) is 3.87. The van der Waals surface area contributed by atoms with Gasteiger partial charge in [-0.3, -0.25) is 0 Å². The van der Waals surface area contributed by atoms with Crippen molar-refractivity contribution in [1.29, 1.82) is 0 Å². The molecule has 0 saturated heterocycles. The van der Waals surface area contributed by atoms with E-state index in [1.54, 1.807) is 0 Å². The average molecular weight is 261 g/mol. The van der Waals surface area contributed by atoms with E-state index >= 15 is 0 Å². The van der Waals surface area contributed by atoms with Crippen molar-refractivity contribution in [2.45, 2.75) is 13.5 Å². The molecule has 0 heterocycles. The lowest BCUT2D eigenvalue weighted by atomic mass is 10.1. The first kappa shape index (κ1) is 12.8. The molecule has 2 N–H and O–H groups in total. The van der Waals surface area contributed by atoms with Crippen molar-refractivity contribution in [3.63, 3.8) is 0 Å². The molecule has 0 atom stereocenters. The molecule has 0 amide bonds. The molecule has 0 aliphatic heterocycles. The van der Waals surface area contributed by atoms with E-state index in [9.17, 15) is 0 Å². The summed E-state index contributed by atoms with van der Waals surface area (Å²) in [5.74, 6) is 0. The van der Waals surface area contributed by atoms with Crippen LogP contribution in [0.3, 0.4) is 0 Å². The Morgan fingerprint density at radius 3 is 2.56 bits per heavy atom. The minimum Gasteiger partial charge on any atom is -0.398 e. The Kier molecular flexibility index (Phi) is 3.78. The molecule has 2 aromatic rings. The minimum atomic E-state index is 0.616. The molecular formula is C15H17ClN2. The van der Waals surface area contributed by atoms with Crippen molar-refractivity contribution < 1.29 is 0 Å². The molecular weight excluding hydrogens is 244 g/mol. The third kappa shape index (κ3) is 2.77. The molecule has 0 spiro atoms. The van der Waals surface area contributed by atoms with Gasteiger partial charge in [0.2, 0.25) is 0 Å². The van der Waals surface area contributed by atoms with E-state index in [1.807, 2.05) is 24.3 Å². The minimum absolute atomic E-state index is 0.616. The quantitative estimate of drug-likeness (QED) is 0.849. The number of hydrogen-bond acceptors (Lipinski definition) is 2. The van der Waals surface area contributed by atoms with Crippen LogP contribution in [-0.4, -0.2) is 7.05 Å². The van der Waals surface area contributed by atoms with Crippen LogP contribution < -0.4 is 10.6 Å². The second-order valence-electron chi connectivity index (χ2n) is 4.50. The van der Waals surface area contributed by atoms with E-state index in [1.165, 1.54) is 11.3 Å². The first-order valence-electron chi connectivity index (χ1n) is 5.88. The van der Waals surface area contributed by atoms with Crippen LogP contribution in [0.4, 0.5) is 11.4 Å². The van der Waals surface area contributed by atoms with E-state index in [-0.39, 0.29) is 0 Å². The number of anilines is 2. The van der Waals surface area contributed by atoms with Gasteiger partial charge >= 0.3 is 0 Å². The molecule has 2 nitrogen and oxygen atoms in total. The fourth-order valence-corrected chi connectivity index (χ4v) is 2.22. The van der Waals surface area contributed by atoms with Gasteiger partial charge in [-0.15, -0.1) is 0 Å². The number of rotatable bonds is 3. The van der Waals surface area contributed by atoms with Crippen LogP contribution in [0.2, 0.25) is 5.02 Å². The Morgan fingerprint density at radius 1 is 1.17 bits per heavy atom. The highest BCUT2D eigenvalue weighted by molar-refractivity contribution is 6.33. The molecule has 0 bridgehead atoms. The molecule has 0 aliphatic rings. The number of nitrogens with zero attached hydrogens (tertiary/aromatic N) is 1. The fraction of sp³-hybridized carbons (Fsp3) is 0.200. The molecule has 2 aromatic carbocycles. The Labute approximate surface area is 113 Å². The maximum atomic E-state index is 6.03. The van der Waals surface area contributed by atoms with Gasteiger partial charge in [0.05, 0.1) is 10.7 Å². The van der Waals surface area contributed by atoms with Gasteiger partial charge in [-0.2, -0.15) is 0 Å². The maximum Gasteiger partial charge on any atom is 0.0638 e. The lowest BCUT2D eigenvalue weighted by molar-refractivity contribution is 0.918. The largest absolute Gasteiger partial charge is 0.398 e. The van der Waals surface area contributed by atoms with E-state index in [0.29, 0.717) is 10.7 Å². The zero-order chi connectivity index (χ0) is 13.1. The van der Waals surface area contributed by atoms with E-state index in [0.717, 1.165) is 12.1 Å². The summed E-state index contributed by atoms with van der Waals surface area (Å²) < 4.78 is 0. The summed E-state index contributed by atoms with van der Waals surface area (Å²) >= 11 is 6.03. The highest BCUT2D eigenvalue weighted by Gasteiger charge is 2.05. The highest BCUT2D eigenvalue weighted by atomic mass is 35.5. The Morgan fingerprint density at radius 2 is 1.89 bits per heavy atom. The summed E-state index contributed by atoms with van der Waals surface area (Å²) in [5.41, 5.74) is 9.98. The summed E-state index contributed by atoms with van der Waals surface area (Å²) in [5, 5.41) is 0.616. The van der Waals surface area contributed by atoms with Gasteiger partial charge in [0, 0.05) is 19.3 Å². The van der Waals surface area contributed by atoms with Gasteiger partial charge in [-0.1, -0.05) is 35.9 Å². The Hall–Kier alpha value is -1.67. The number of hydrogen-bond donors (Lipinski definition) is 1. The normalized spacial score (nSPS) is 10.4. The molecule has 0 aromatic heterocycles. The third-order valence-corrected chi connectivity index (χ3v) is 3.34. The third-order valence-electron chi connectivity index (χ3n) is 3.01. The number of para-hydroxylation sites is 1. The van der Waals surface area contributed by atoms with E-state index in [4.69, 9.17) is 17.3 Å². The number of halogens is 1. The van der Waals surface area contributed by atoms with Gasteiger partial charge in [-0.25, -0.2) is 0 Å². The molecule has 2 rings (SSSR count). The van der Waals surface area contributed by atoms with Crippen molar-refractivity contribution in [1.82, 2.24) is 0 Å². The van der Waals surface area contributed by atoms with E-state index in [2.05, 4.69) is 37.1 Å². The molecule has 0 radical (unpaired) electrons. The molecule has 3 heteroatoms. The predicted molar refractivity (Wildman–Crippen MR) is 79.2 cm³/mol. The van der Waals surface area contributed by atoms with Crippen LogP contribution in [0.25, 0.3) is 0 Å². The van der Waals surface area contributed by atoms with Crippen LogP contribution >= 0.6 is 11.6 Å². The summed E-state index contributed by atoms with van der Waals surface area (Å²) in [6, 6.07) is 14.1. The van der Waals surface area contributed by atoms with Crippen molar-refractivity contribution in [2.75, 3.05) is 17.7 Å². The van der Waals surface area contributed by atoms with Gasteiger partial charge in [0.15, 0.2) is 0 Å². The number of benzene rings is 2. The number of nitrogens with two attached hydrogens (primary N) is 1. The van der Waals surface area contributed by atoms with Crippen molar-refractivity contribution in [3.05, 3.63) is 58.6 Å². The monoisotopic (exact) mass is 260 g/mol. The van der Waals surface area contributed by atoms with Crippen LogP contribution in [0.1, 0.15) is 11.1 Å². The maximum absolute atomic E-state index is 6.03. The Bertz CT molecular complexity index is 552. The first-order chi connectivity index (χ1) is 8.58. The molecule has 0 fully saturated rings. The first-order valence-corrected chi connectivity index (χ1v) is 6.26. The second-order valence-corrected chi connectivity index (χ2v) is 4.91. The lowest BCUT2D eigenvalue weighted by Crippen LogP contribution is -2.17. The Balaban J connectivity index is 2.19. The van der Waals surface area contributed by atoms with Gasteiger partial charge in [-0.05, 0) is 36.2 Å². The second kappa shape index (κ2) is 5.32. The molecule has 94 valence electrons. The van der Waals surface area contributed by atoms with Crippen LogP contribution in [0, 0.1) is 6.92 Å². The molecule has 0 unspecified atom stereocenters. The zero-order valence-electron chi connectivity index (χ0n) is 10.7. The number of aryl methyl sites for hydroxylation is 1. The summed E-state index contributed by atoms with van der Waals surface area (Å²) in [7, 11) is 2.08. The van der Waals surface area contributed by atoms with Gasteiger partial charge in [0.25, 0.3) is 0 Å². The highest BCUT2D eigenvalue weighted by Crippen LogP contribution is 2.23. The number of nitrogen functional groups attached to an aromatic ring is 1. The average Bonchev–Trinajstić information content (AvgIpc) is 2.34. The SMILES string of the molecule is Cc1ccccc1N(C)Cc1ccc(N)c(Cl)c1. The topological polar surface area (TPSA) is 29.3 Å². The van der Waals surface area contributed by atoms with Gasteiger partial charge in [0.1, 0.15) is 0 Å². The molecule has 0 saturated carbocycles. The van der Waals surface area contributed by atoms with Crippen molar-refractivity contribution in [3.8, 4) is 0 Å². The molecule has 0 aliphatic carbocycles. The van der Waals surface area contributed by atoms with Crippen LogP contribution in [0.15, 0.2) is 42.5 Å². The van der Waals surface area contributed by atoms with E-state index < -0.39 is 0 Å². The standard InChI is InChI=1S/C15H17ClN2/c1-11-5-3-4-6-15(11)18(2)10-12-7-8-14(17)13(16)9-12/h3-9H,10,17H2,1-2H3. The van der Waals surface area contributed by atoms with Gasteiger partial charge < -0.3 is 10.6 Å². The summed E-state index contributed by atoms with van der Waals surface area (Å²) in [6.45, 7) is 2.92. The molecule has 18 heavy (non-hydrogen) atoms. The zero-order valence-corrected chi connectivity index (χ0v) is 11.4. The van der Waals surface area contributed by atoms with Crippen LogP contribution in [0.5, 0.6) is 0 Å². The summed E-state index contributed by atoms with van der Waals surface area (Å²) in [6.07, 6.45) is 0. The lowest BCUT2D eigenvalue weighted by Gasteiger charge is -2.21. The van der Waals surface area contributed by atoms with Crippen molar-refractivity contribution >= 4 is 23.0 Å². The van der Waals surface area contributed by atoms with Crippen molar-refractivity contribution in [2.24, 2.45) is 0 Å². The summed E-state index contributed by atoms with van der Waals surface area (Å²) in [4.78, 5) is 2.21. The van der Waals surface area contributed by atoms with Crippen LogP contribution in [-0.2, 0) is 6.54 Å².